The highest BCUT2D eigenvalue weighted by atomic mass is 32.1. The molecular weight excluding hydrogens is 512 g/mol. The normalized spacial score (nSPS) is 12.5. The Morgan fingerprint density at radius 1 is 0.886 bits per heavy atom. The van der Waals surface area contributed by atoms with Gasteiger partial charge in [0.2, 0.25) is 5.52 Å². The third-order valence-electron chi connectivity index (χ3n) is 4.91. The Bertz CT molecular complexity index is 1430. The van der Waals surface area contributed by atoms with Gasteiger partial charge in [0.1, 0.15) is 16.4 Å². The number of benzene rings is 2. The molecule has 2 aromatic carbocycles. The van der Waals surface area contributed by atoms with Crippen molar-refractivity contribution in [3.63, 3.8) is 0 Å². The van der Waals surface area contributed by atoms with E-state index in [9.17, 15) is 28.7 Å². The van der Waals surface area contributed by atoms with Gasteiger partial charge in [-0.1, -0.05) is 30.3 Å². The van der Waals surface area contributed by atoms with Gasteiger partial charge in [-0.15, -0.1) is 11.3 Å². The van der Waals surface area contributed by atoms with Gasteiger partial charge in [0.05, 0.1) is 11.5 Å². The maximum atomic E-state index is 11.8. The molecule has 0 spiro atoms. The van der Waals surface area contributed by atoms with Crippen LogP contribution in [0.1, 0.15) is 13.8 Å². The van der Waals surface area contributed by atoms with Crippen molar-refractivity contribution in [2.75, 3.05) is 5.32 Å². The van der Waals surface area contributed by atoms with Gasteiger partial charge in [-0.25, -0.2) is 9.97 Å². The molecule has 0 unspecified atom stereocenters. The summed E-state index contributed by atoms with van der Waals surface area (Å²) in [6.45, 7) is 3.90. The molecule has 0 saturated carbocycles. The second kappa shape index (κ2) is 9.79. The van der Waals surface area contributed by atoms with E-state index in [2.05, 4.69) is 15.3 Å². The Labute approximate surface area is 205 Å². The highest BCUT2D eigenvalue weighted by molar-refractivity contribution is 7.71. The van der Waals surface area contributed by atoms with E-state index in [0.717, 1.165) is 16.9 Å². The van der Waals surface area contributed by atoms with Crippen molar-refractivity contribution in [3.8, 4) is 28.3 Å². The predicted octanol–water partition coefficient (Wildman–Crippen LogP) is 4.86. The summed E-state index contributed by atoms with van der Waals surface area (Å²) in [5, 5.41) is 4.38. The lowest BCUT2D eigenvalue weighted by Crippen LogP contribution is -2.21. The minimum atomic E-state index is -5.21. The highest BCUT2D eigenvalue weighted by Crippen LogP contribution is 2.59. The second-order valence-corrected chi connectivity index (χ2v) is 12.7. The van der Waals surface area contributed by atoms with Crippen molar-refractivity contribution in [1.29, 1.82) is 0 Å². The summed E-state index contributed by atoms with van der Waals surface area (Å²) in [6.07, 6.45) is 0.0621. The summed E-state index contributed by atoms with van der Waals surface area (Å²) < 4.78 is 29.3. The number of hydrogen-bond acceptors (Lipinski definition) is 7. The summed E-state index contributed by atoms with van der Waals surface area (Å²) in [5.74, 6) is 0.912. The van der Waals surface area contributed by atoms with Gasteiger partial charge in [-0.3, -0.25) is 9.13 Å². The van der Waals surface area contributed by atoms with Crippen molar-refractivity contribution in [2.24, 2.45) is 0 Å². The molecule has 0 atom stereocenters. The molecule has 0 aliphatic rings. The lowest BCUT2D eigenvalue weighted by atomic mass is 10.0. The average Bonchev–Trinajstić information content (AvgIpc) is 3.25. The van der Waals surface area contributed by atoms with Gasteiger partial charge < -0.3 is 29.6 Å². The smallest absolute Gasteiger partial charge is 0.360 e. The standard InChI is InChI=1S/C22H23N3O7P2S/c1-13(2)32-17-8-6-14(7-9-17)15-4-3-5-16(12-15)19-23-20(18-10-11-35-21(18)24-19)25-22(33(26,27)28)34(29,30)31/h3-13,22H,1-2H3,(H,23,24,25)(H2,26,27,28)(H2,29,30,31). The van der Waals surface area contributed by atoms with E-state index in [1.165, 1.54) is 11.3 Å². The van der Waals surface area contributed by atoms with Crippen LogP contribution < -0.4 is 10.1 Å². The van der Waals surface area contributed by atoms with Gasteiger partial charge in [0, 0.05) is 5.56 Å². The van der Waals surface area contributed by atoms with Gasteiger partial charge in [-0.05, 0) is 54.6 Å². The Morgan fingerprint density at radius 2 is 1.54 bits per heavy atom. The monoisotopic (exact) mass is 535 g/mol. The van der Waals surface area contributed by atoms with Crippen LogP contribution >= 0.6 is 26.5 Å². The fraction of sp³-hybridized carbons (Fsp3) is 0.182. The largest absolute Gasteiger partial charge is 0.491 e. The molecule has 0 amide bonds. The van der Waals surface area contributed by atoms with E-state index in [-0.39, 0.29) is 17.7 Å². The molecule has 0 saturated heterocycles. The van der Waals surface area contributed by atoms with Crippen LogP contribution in [-0.2, 0) is 9.13 Å². The second-order valence-electron chi connectivity index (χ2n) is 8.00. The van der Waals surface area contributed by atoms with Gasteiger partial charge in [-0.2, -0.15) is 0 Å². The predicted molar refractivity (Wildman–Crippen MR) is 136 cm³/mol. The molecule has 0 aliphatic carbocycles. The Kier molecular flexibility index (Phi) is 7.13. The van der Waals surface area contributed by atoms with Crippen LogP contribution in [-0.4, -0.2) is 41.2 Å². The first kappa shape index (κ1) is 25.5. The number of anilines is 1. The van der Waals surface area contributed by atoms with Crippen LogP contribution in [0.25, 0.3) is 32.7 Å². The molecule has 184 valence electrons. The van der Waals surface area contributed by atoms with Crippen molar-refractivity contribution >= 4 is 42.6 Å². The minimum Gasteiger partial charge on any atom is -0.491 e. The van der Waals surface area contributed by atoms with E-state index < -0.39 is 20.7 Å². The topological polar surface area (TPSA) is 162 Å². The van der Waals surface area contributed by atoms with Crippen molar-refractivity contribution in [1.82, 2.24) is 9.97 Å². The van der Waals surface area contributed by atoms with E-state index in [4.69, 9.17) is 4.74 Å². The third kappa shape index (κ3) is 5.97. The number of fused-ring (bicyclic) bond motifs is 1. The van der Waals surface area contributed by atoms with Crippen LogP contribution in [0.15, 0.2) is 60.0 Å². The van der Waals surface area contributed by atoms with Crippen LogP contribution in [0.2, 0.25) is 0 Å². The maximum absolute atomic E-state index is 11.8. The number of hydrogen-bond donors (Lipinski definition) is 5. The zero-order valence-corrected chi connectivity index (χ0v) is 21.2. The van der Waals surface area contributed by atoms with E-state index >= 15 is 0 Å². The zero-order valence-electron chi connectivity index (χ0n) is 18.6. The lowest BCUT2D eigenvalue weighted by Gasteiger charge is -2.21. The SMILES string of the molecule is CC(C)Oc1ccc(-c2cccc(-c3nc(NC(P(=O)(O)O)P(=O)(O)O)c4ccsc4n3)c2)cc1. The first-order valence-corrected chi connectivity index (χ1v) is 14.7. The fourth-order valence-corrected chi connectivity index (χ4v) is 6.33. The van der Waals surface area contributed by atoms with Gasteiger partial charge in [0.25, 0.3) is 0 Å². The van der Waals surface area contributed by atoms with E-state index in [0.29, 0.717) is 15.8 Å². The van der Waals surface area contributed by atoms with Crippen LogP contribution in [0, 0.1) is 0 Å². The van der Waals surface area contributed by atoms with Gasteiger partial charge >= 0.3 is 15.2 Å². The Morgan fingerprint density at radius 3 is 2.17 bits per heavy atom. The molecule has 2 aromatic heterocycles. The molecule has 35 heavy (non-hydrogen) atoms. The highest BCUT2D eigenvalue weighted by Gasteiger charge is 2.44. The fourth-order valence-electron chi connectivity index (χ4n) is 3.42. The van der Waals surface area contributed by atoms with Crippen molar-refractivity contribution in [2.45, 2.75) is 25.5 Å². The molecule has 5 N–H and O–H groups in total. The van der Waals surface area contributed by atoms with Crippen LogP contribution in [0.5, 0.6) is 5.75 Å². The van der Waals surface area contributed by atoms with Crippen molar-refractivity contribution in [3.05, 3.63) is 60.0 Å². The molecular formula is C22H23N3O7P2S. The minimum absolute atomic E-state index is 0.0621. The lowest BCUT2D eigenvalue weighted by molar-refractivity contribution is 0.242. The van der Waals surface area contributed by atoms with E-state index in [1.807, 2.05) is 56.3 Å². The van der Waals surface area contributed by atoms with Gasteiger partial charge in [0.15, 0.2) is 5.82 Å². The Hall–Kier alpha value is -2.62. The summed E-state index contributed by atoms with van der Waals surface area (Å²) in [4.78, 5) is 47.5. The zero-order chi connectivity index (χ0) is 25.4. The molecule has 0 radical (unpaired) electrons. The molecule has 2 heterocycles. The number of ether oxygens (including phenoxy) is 1. The first-order valence-electron chi connectivity index (χ1n) is 10.4. The molecule has 13 heteroatoms. The molecule has 0 aliphatic heterocycles. The number of nitrogens with zero attached hydrogens (tertiary/aromatic N) is 2. The number of nitrogens with one attached hydrogen (secondary N) is 1. The number of thiophene rings is 1. The first-order chi connectivity index (χ1) is 16.4. The maximum Gasteiger partial charge on any atom is 0.360 e. The summed E-state index contributed by atoms with van der Waals surface area (Å²) in [6, 6.07) is 16.6. The van der Waals surface area contributed by atoms with Crippen LogP contribution in [0.3, 0.4) is 0 Å². The third-order valence-corrected chi connectivity index (χ3v) is 9.05. The van der Waals surface area contributed by atoms with Crippen molar-refractivity contribution < 1.29 is 33.4 Å². The van der Waals surface area contributed by atoms with E-state index in [1.54, 1.807) is 17.5 Å². The summed E-state index contributed by atoms with van der Waals surface area (Å²) in [7, 11) is -10.4. The molecule has 0 fully saturated rings. The quantitative estimate of drug-likeness (QED) is 0.197. The van der Waals surface area contributed by atoms with Crippen LogP contribution in [0.4, 0.5) is 5.82 Å². The molecule has 10 nitrogen and oxygen atoms in total. The summed E-state index contributed by atoms with van der Waals surface area (Å²) >= 11 is 1.27. The number of aromatic nitrogens is 2. The average molecular weight is 535 g/mol. The summed E-state index contributed by atoms with van der Waals surface area (Å²) in [5.41, 5.74) is -0.00103. The molecule has 0 bridgehead atoms. The number of rotatable bonds is 8. The molecule has 4 rings (SSSR count). The Balaban J connectivity index is 1.73. The molecule has 4 aromatic rings.